The maximum Gasteiger partial charge on any atom is 0.0642 e. The van der Waals surface area contributed by atoms with Crippen molar-refractivity contribution in [2.24, 2.45) is 0 Å². The average molecular weight is 702 g/mol. The summed E-state index contributed by atoms with van der Waals surface area (Å²) in [6.45, 7) is 13.0. The van der Waals surface area contributed by atoms with Crippen molar-refractivity contribution in [3.63, 3.8) is 0 Å². The molecule has 1 aliphatic carbocycles. The van der Waals surface area contributed by atoms with Gasteiger partial charge in [-0.1, -0.05) is 86.7 Å². The van der Waals surface area contributed by atoms with Gasteiger partial charge in [0.15, 0.2) is 0 Å². The zero-order chi connectivity index (χ0) is 34.3. The molecule has 1 fully saturated rings. The van der Waals surface area contributed by atoms with Gasteiger partial charge in [-0.15, -0.1) is 32.8 Å². The summed E-state index contributed by atoms with van der Waals surface area (Å²) in [7, 11) is 2.85. The number of thioether (sulfide) groups is 2. The van der Waals surface area contributed by atoms with E-state index in [9.17, 15) is 0 Å². The molecule has 7 rings (SSSR count). The fourth-order valence-electron chi connectivity index (χ4n) is 8.50. The van der Waals surface area contributed by atoms with Crippen LogP contribution in [0.3, 0.4) is 0 Å². The molecular formula is C44H48NOPS2. The number of aryl methyl sites for hydroxylation is 1. The van der Waals surface area contributed by atoms with Crippen LogP contribution in [0.25, 0.3) is 28.0 Å². The van der Waals surface area contributed by atoms with Gasteiger partial charge in [-0.3, -0.25) is 0 Å². The van der Waals surface area contributed by atoms with E-state index < -0.39 is 0 Å². The summed E-state index contributed by atoms with van der Waals surface area (Å²) in [5.41, 5.74) is 12.1. The lowest BCUT2D eigenvalue weighted by atomic mass is 9.70. The lowest BCUT2D eigenvalue weighted by molar-refractivity contribution is 0.122. The van der Waals surface area contributed by atoms with Crippen molar-refractivity contribution in [2.75, 3.05) is 43.7 Å². The van der Waals surface area contributed by atoms with E-state index in [1.54, 1.807) is 0 Å². The van der Waals surface area contributed by atoms with Crippen LogP contribution in [-0.2, 0) is 15.6 Å². The molecule has 0 spiro atoms. The van der Waals surface area contributed by atoms with E-state index in [1.165, 1.54) is 76.1 Å². The topological polar surface area (TPSA) is 12.5 Å². The molecule has 2 aliphatic rings. The average Bonchev–Trinajstić information content (AvgIpc) is 3.45. The first-order valence-corrected chi connectivity index (χ1v) is 20.6. The summed E-state index contributed by atoms with van der Waals surface area (Å²) in [6, 6.07) is 32.5. The molecule has 1 heterocycles. The third kappa shape index (κ3) is 5.78. The molecule has 0 saturated carbocycles. The Bertz CT molecular complexity index is 2020. The number of allylic oxidation sites excluding steroid dienone is 1. The standard InChI is InChI=1S/C44H48NOPS2/c1-7-44(8-2)38-12-10-9-11-35(38)41-37-28-40(49-6)39(48-5)27-36(37)29(3)34(42(41)44)21-22-43(4,31-15-19-33(47)20-16-31)30-13-17-32(18-14-30)45-23-25-46-26-24-45/h9-22,27-28H,7-8,23-26,47H2,1-6H3/b22-21-. The van der Waals surface area contributed by atoms with E-state index in [0.717, 1.165) is 39.1 Å². The van der Waals surface area contributed by atoms with Crippen LogP contribution in [0.15, 0.2) is 101 Å². The van der Waals surface area contributed by atoms with Crippen LogP contribution in [0.4, 0.5) is 5.69 Å². The third-order valence-electron chi connectivity index (χ3n) is 11.5. The highest BCUT2D eigenvalue weighted by molar-refractivity contribution is 8.01. The summed E-state index contributed by atoms with van der Waals surface area (Å²) < 4.78 is 5.63. The van der Waals surface area contributed by atoms with Crippen molar-refractivity contribution >= 4 is 60.6 Å². The first-order valence-electron chi connectivity index (χ1n) is 17.6. The number of anilines is 1. The molecule has 5 aromatic rings. The first-order chi connectivity index (χ1) is 23.8. The number of rotatable bonds is 9. The van der Waals surface area contributed by atoms with Gasteiger partial charge in [0.25, 0.3) is 0 Å². The molecule has 5 aromatic carbocycles. The van der Waals surface area contributed by atoms with Gasteiger partial charge >= 0.3 is 0 Å². The smallest absolute Gasteiger partial charge is 0.0642 e. The Kier molecular flexibility index (Phi) is 9.81. The molecule has 2 atom stereocenters. The molecule has 0 aromatic heterocycles. The van der Waals surface area contributed by atoms with Crippen LogP contribution in [0, 0.1) is 6.92 Å². The van der Waals surface area contributed by atoms with Crippen molar-refractivity contribution in [3.8, 4) is 11.1 Å². The number of hydrogen-bond acceptors (Lipinski definition) is 4. The minimum absolute atomic E-state index is 0.0421. The van der Waals surface area contributed by atoms with E-state index in [4.69, 9.17) is 4.74 Å². The van der Waals surface area contributed by atoms with Crippen LogP contribution in [-0.4, -0.2) is 38.8 Å². The van der Waals surface area contributed by atoms with Gasteiger partial charge in [0, 0.05) is 39.4 Å². The van der Waals surface area contributed by atoms with Crippen molar-refractivity contribution in [1.29, 1.82) is 0 Å². The van der Waals surface area contributed by atoms with Gasteiger partial charge in [0.1, 0.15) is 0 Å². The molecule has 49 heavy (non-hydrogen) atoms. The molecule has 0 radical (unpaired) electrons. The highest BCUT2D eigenvalue weighted by Gasteiger charge is 2.43. The zero-order valence-corrected chi connectivity index (χ0v) is 32.5. The molecule has 1 aliphatic heterocycles. The number of hydrogen-bond donors (Lipinski definition) is 0. The summed E-state index contributed by atoms with van der Waals surface area (Å²) in [5.74, 6) is 0. The van der Waals surface area contributed by atoms with Crippen molar-refractivity contribution < 1.29 is 4.74 Å². The Hall–Kier alpha value is -3.01. The van der Waals surface area contributed by atoms with Crippen LogP contribution in [0.2, 0.25) is 0 Å². The monoisotopic (exact) mass is 701 g/mol. The molecule has 2 nitrogen and oxygen atoms in total. The second-order valence-electron chi connectivity index (χ2n) is 13.7. The molecule has 0 N–H and O–H groups in total. The molecule has 5 heteroatoms. The molecular weight excluding hydrogens is 654 g/mol. The van der Waals surface area contributed by atoms with Gasteiger partial charge in [0.05, 0.1) is 13.2 Å². The fourth-order valence-corrected chi connectivity index (χ4v) is 10.2. The van der Waals surface area contributed by atoms with Crippen LogP contribution < -0.4 is 10.2 Å². The molecule has 2 unspecified atom stereocenters. The highest BCUT2D eigenvalue weighted by Crippen LogP contribution is 2.58. The quantitative estimate of drug-likeness (QED) is 0.112. The highest BCUT2D eigenvalue weighted by atomic mass is 32.2. The molecule has 1 saturated heterocycles. The Balaban J connectivity index is 1.48. The van der Waals surface area contributed by atoms with Crippen LogP contribution in [0.5, 0.6) is 0 Å². The zero-order valence-electron chi connectivity index (χ0n) is 29.7. The summed E-state index contributed by atoms with van der Waals surface area (Å²) in [4.78, 5) is 5.14. The Morgan fingerprint density at radius 2 is 1.43 bits per heavy atom. The lowest BCUT2D eigenvalue weighted by Crippen LogP contribution is -2.36. The van der Waals surface area contributed by atoms with Crippen molar-refractivity contribution in [1.82, 2.24) is 0 Å². The predicted molar refractivity (Wildman–Crippen MR) is 220 cm³/mol. The van der Waals surface area contributed by atoms with Crippen LogP contribution in [0.1, 0.15) is 67.0 Å². The Labute approximate surface area is 304 Å². The molecule has 252 valence electrons. The summed E-state index contributed by atoms with van der Waals surface area (Å²) in [5, 5.41) is 3.95. The normalized spacial score (nSPS) is 16.6. The van der Waals surface area contributed by atoms with Gasteiger partial charge in [-0.2, -0.15) is 0 Å². The summed E-state index contributed by atoms with van der Waals surface area (Å²) >= 11 is 3.71. The van der Waals surface area contributed by atoms with Crippen molar-refractivity contribution in [2.45, 2.75) is 61.2 Å². The number of morpholine rings is 1. The van der Waals surface area contributed by atoms with Gasteiger partial charge in [0.2, 0.25) is 0 Å². The first kappa shape index (κ1) is 34.4. The van der Waals surface area contributed by atoms with E-state index in [2.05, 4.69) is 151 Å². The van der Waals surface area contributed by atoms with Crippen molar-refractivity contribution in [3.05, 3.63) is 124 Å². The second kappa shape index (κ2) is 14.0. The van der Waals surface area contributed by atoms with Gasteiger partial charge in [-0.05, 0) is 124 Å². The van der Waals surface area contributed by atoms with Gasteiger partial charge in [-0.25, -0.2) is 0 Å². The van der Waals surface area contributed by atoms with Crippen LogP contribution >= 0.6 is 32.8 Å². The molecule has 0 bridgehead atoms. The number of fused-ring (bicyclic) bond motifs is 5. The maximum atomic E-state index is 5.63. The van der Waals surface area contributed by atoms with E-state index >= 15 is 0 Å². The Morgan fingerprint density at radius 3 is 2.04 bits per heavy atom. The maximum absolute atomic E-state index is 5.63. The number of nitrogens with zero attached hydrogens (tertiary/aromatic N) is 1. The SMILES string of the molecule is CCC1(CC)c2ccccc2-c2c1c(/C=C\C(C)(c1ccc(P)cc1)c1ccc(N3CCOCC3)cc1)c(C)c1cc(SC)c(SC)cc21. The Morgan fingerprint density at radius 1 is 0.837 bits per heavy atom. The predicted octanol–water partition coefficient (Wildman–Crippen LogP) is 11.0. The number of benzene rings is 5. The fraction of sp³-hybridized carbons (Fsp3) is 0.318. The van der Waals surface area contributed by atoms with E-state index in [0.29, 0.717) is 0 Å². The number of ether oxygens (including phenoxy) is 1. The van der Waals surface area contributed by atoms with E-state index in [1.807, 2.05) is 23.5 Å². The summed E-state index contributed by atoms with van der Waals surface area (Å²) in [6.07, 6.45) is 11.5. The minimum atomic E-state index is -0.337. The lowest BCUT2D eigenvalue weighted by Gasteiger charge is -2.33. The largest absolute Gasteiger partial charge is 0.378 e. The molecule has 0 amide bonds. The third-order valence-corrected chi connectivity index (χ3v) is 13.5. The minimum Gasteiger partial charge on any atom is -0.378 e. The van der Waals surface area contributed by atoms with E-state index in [-0.39, 0.29) is 10.8 Å². The van der Waals surface area contributed by atoms with Gasteiger partial charge < -0.3 is 9.64 Å². The second-order valence-corrected chi connectivity index (χ2v) is 16.0.